The molecule has 0 bridgehead atoms. The lowest BCUT2D eigenvalue weighted by atomic mass is 9.90. The third kappa shape index (κ3) is 1.09. The van der Waals surface area contributed by atoms with E-state index in [0.717, 1.165) is 0 Å². The summed E-state index contributed by atoms with van der Waals surface area (Å²) in [5.41, 5.74) is -0.888. The summed E-state index contributed by atoms with van der Waals surface area (Å²) in [5.74, 6) is 0. The van der Waals surface area contributed by atoms with Crippen LogP contribution in [0.25, 0.3) is 0 Å². The minimum atomic E-state index is -1.89. The maximum atomic E-state index is 10.8. The number of hydrogen-bond acceptors (Lipinski definition) is 3. The van der Waals surface area contributed by atoms with Crippen molar-refractivity contribution in [3.05, 3.63) is 0 Å². The molecule has 0 aliphatic carbocycles. The summed E-state index contributed by atoms with van der Waals surface area (Å²) < 4.78 is 20.9. The molecule has 0 aromatic carbocycles. The van der Waals surface area contributed by atoms with Crippen LogP contribution >= 0.6 is 8.25 Å². The van der Waals surface area contributed by atoms with Crippen molar-refractivity contribution in [2.24, 2.45) is 0 Å². The average molecular weight is 163 g/mol. The summed E-state index contributed by atoms with van der Waals surface area (Å²) in [6.45, 7) is 7.47. The Morgan fingerprint density at radius 1 is 1.00 bits per heavy atom. The van der Waals surface area contributed by atoms with Crippen LogP contribution in [0, 0.1) is 0 Å². The van der Waals surface area contributed by atoms with E-state index < -0.39 is 19.5 Å². The van der Waals surface area contributed by atoms with Gasteiger partial charge in [0.1, 0.15) is 0 Å². The van der Waals surface area contributed by atoms with Crippen molar-refractivity contribution in [3.63, 3.8) is 0 Å². The van der Waals surface area contributed by atoms with Crippen LogP contribution in [0.15, 0.2) is 0 Å². The van der Waals surface area contributed by atoms with Gasteiger partial charge in [0.05, 0.1) is 0 Å². The molecule has 1 aliphatic heterocycles. The normalized spacial score (nSPS) is 29.0. The Balaban J connectivity index is 2.88. The quantitative estimate of drug-likeness (QED) is 0.514. The first-order chi connectivity index (χ1) is 4.35. The molecule has 0 amide bonds. The van der Waals surface area contributed by atoms with E-state index in [2.05, 4.69) is 0 Å². The maximum Gasteiger partial charge on any atom is 0.698 e. The highest BCUT2D eigenvalue weighted by Gasteiger charge is 2.59. The van der Waals surface area contributed by atoms with E-state index in [1.54, 1.807) is 0 Å². The third-order valence-electron chi connectivity index (χ3n) is 2.06. The van der Waals surface area contributed by atoms with Crippen LogP contribution in [0.5, 0.6) is 0 Å². The van der Waals surface area contributed by atoms with Gasteiger partial charge in [0.2, 0.25) is 0 Å². The molecule has 0 spiro atoms. The monoisotopic (exact) mass is 163 g/mol. The minimum Gasteiger partial charge on any atom is -0.110 e. The number of rotatable bonds is 0. The van der Waals surface area contributed by atoms with Crippen molar-refractivity contribution >= 4 is 8.25 Å². The summed E-state index contributed by atoms with van der Waals surface area (Å²) >= 11 is 0. The molecule has 0 N–H and O–H groups in total. The summed E-state index contributed by atoms with van der Waals surface area (Å²) in [6, 6.07) is 0. The molecule has 0 unspecified atom stereocenters. The molecule has 4 heteroatoms. The van der Waals surface area contributed by atoms with Gasteiger partial charge in [-0.05, 0) is 27.7 Å². The van der Waals surface area contributed by atoms with Crippen molar-refractivity contribution in [1.82, 2.24) is 0 Å². The smallest absolute Gasteiger partial charge is 0.110 e. The Morgan fingerprint density at radius 2 is 1.30 bits per heavy atom. The van der Waals surface area contributed by atoms with Gasteiger partial charge < -0.3 is 0 Å². The molecular weight excluding hydrogens is 151 g/mol. The van der Waals surface area contributed by atoms with Crippen molar-refractivity contribution in [3.8, 4) is 0 Å². The molecule has 3 nitrogen and oxygen atoms in total. The van der Waals surface area contributed by atoms with E-state index in [0.29, 0.717) is 0 Å². The first-order valence-corrected chi connectivity index (χ1v) is 4.30. The highest BCUT2D eigenvalue weighted by molar-refractivity contribution is 7.33. The second-order valence-corrected chi connectivity index (χ2v) is 4.24. The zero-order valence-electron chi connectivity index (χ0n) is 6.67. The lowest BCUT2D eigenvalue weighted by molar-refractivity contribution is 0.00578. The van der Waals surface area contributed by atoms with E-state index in [9.17, 15) is 4.57 Å². The third-order valence-corrected chi connectivity index (χ3v) is 3.27. The predicted molar refractivity (Wildman–Crippen MR) is 37.9 cm³/mol. The fourth-order valence-corrected chi connectivity index (χ4v) is 1.83. The van der Waals surface area contributed by atoms with Gasteiger partial charge in [0.25, 0.3) is 0 Å². The molecule has 0 atom stereocenters. The first-order valence-electron chi connectivity index (χ1n) is 3.21. The largest absolute Gasteiger partial charge is 0.698 e. The summed E-state index contributed by atoms with van der Waals surface area (Å²) in [7, 11) is -1.89. The van der Waals surface area contributed by atoms with Crippen molar-refractivity contribution < 1.29 is 13.6 Å². The average Bonchev–Trinajstić information content (AvgIpc) is 1.73. The predicted octanol–water partition coefficient (Wildman–Crippen LogP) is 2.25. The van der Waals surface area contributed by atoms with Gasteiger partial charge in [-0.2, -0.15) is 0 Å². The molecule has 0 aromatic rings. The molecule has 0 radical (unpaired) electrons. The van der Waals surface area contributed by atoms with Gasteiger partial charge >= 0.3 is 8.25 Å². The first kappa shape index (κ1) is 8.12. The molecule has 1 heterocycles. The van der Waals surface area contributed by atoms with Gasteiger partial charge in [-0.25, -0.2) is 0 Å². The Hall–Kier alpha value is 0.0200. The van der Waals surface area contributed by atoms with E-state index in [1.807, 2.05) is 27.7 Å². The standard InChI is InChI=1S/C6H12O3P/c1-5(2)6(3,4)9-10(7)8-5/h1-4H3/q+1. The van der Waals surface area contributed by atoms with Crippen LogP contribution in [-0.2, 0) is 13.6 Å². The van der Waals surface area contributed by atoms with Gasteiger partial charge in [-0.1, -0.05) is 0 Å². The molecular formula is C6H12O3P+. The zero-order valence-corrected chi connectivity index (χ0v) is 7.57. The fraction of sp³-hybridized carbons (Fsp3) is 1.00. The summed E-state index contributed by atoms with van der Waals surface area (Å²) in [5, 5.41) is 0. The van der Waals surface area contributed by atoms with Crippen LogP contribution in [0.2, 0.25) is 0 Å². The highest BCUT2D eigenvalue weighted by atomic mass is 31.1. The second kappa shape index (κ2) is 2.00. The molecule has 0 aromatic heterocycles. The van der Waals surface area contributed by atoms with Gasteiger partial charge in [0.15, 0.2) is 11.2 Å². The van der Waals surface area contributed by atoms with E-state index in [4.69, 9.17) is 9.05 Å². The SMILES string of the molecule is CC1(C)O[P+](=O)OC1(C)C. The Labute approximate surface area is 61.7 Å². The molecule has 1 rings (SSSR count). The van der Waals surface area contributed by atoms with E-state index in [1.165, 1.54) is 0 Å². The van der Waals surface area contributed by atoms with Crippen LogP contribution < -0.4 is 0 Å². The molecule has 1 saturated heterocycles. The van der Waals surface area contributed by atoms with Gasteiger partial charge in [-0.3, -0.25) is 0 Å². The Kier molecular flexibility index (Phi) is 1.63. The second-order valence-electron chi connectivity index (χ2n) is 3.43. The maximum absolute atomic E-state index is 10.8. The Bertz CT molecular complexity index is 156. The molecule has 58 valence electrons. The van der Waals surface area contributed by atoms with Gasteiger partial charge in [0, 0.05) is 4.57 Å². The Morgan fingerprint density at radius 3 is 1.40 bits per heavy atom. The minimum absolute atomic E-state index is 0.444. The lowest BCUT2D eigenvalue weighted by Gasteiger charge is -2.23. The molecule has 1 fully saturated rings. The van der Waals surface area contributed by atoms with E-state index in [-0.39, 0.29) is 0 Å². The van der Waals surface area contributed by atoms with Crippen molar-refractivity contribution in [2.45, 2.75) is 38.9 Å². The summed E-state index contributed by atoms with van der Waals surface area (Å²) in [6.07, 6.45) is 0. The van der Waals surface area contributed by atoms with E-state index >= 15 is 0 Å². The lowest BCUT2D eigenvalue weighted by Crippen LogP contribution is -2.41. The fourth-order valence-electron chi connectivity index (χ4n) is 0.611. The molecule has 10 heavy (non-hydrogen) atoms. The molecule has 1 aliphatic rings. The number of hydrogen-bond donors (Lipinski definition) is 0. The van der Waals surface area contributed by atoms with Crippen LogP contribution in [0.4, 0.5) is 0 Å². The van der Waals surface area contributed by atoms with Crippen LogP contribution in [-0.4, -0.2) is 11.2 Å². The summed E-state index contributed by atoms with van der Waals surface area (Å²) in [4.78, 5) is 0. The highest BCUT2D eigenvalue weighted by Crippen LogP contribution is 2.50. The van der Waals surface area contributed by atoms with Crippen molar-refractivity contribution in [2.75, 3.05) is 0 Å². The van der Waals surface area contributed by atoms with Crippen molar-refractivity contribution in [1.29, 1.82) is 0 Å². The molecule has 0 saturated carbocycles. The van der Waals surface area contributed by atoms with Gasteiger partial charge in [-0.15, -0.1) is 9.05 Å². The van der Waals surface area contributed by atoms with Crippen LogP contribution in [0.3, 0.4) is 0 Å². The topological polar surface area (TPSA) is 35.5 Å². The van der Waals surface area contributed by atoms with Crippen LogP contribution in [0.1, 0.15) is 27.7 Å². The zero-order chi connectivity index (χ0) is 7.99.